The van der Waals surface area contributed by atoms with E-state index in [4.69, 9.17) is 0 Å². The van der Waals surface area contributed by atoms with Gasteiger partial charge in [0.05, 0.1) is 0 Å². The summed E-state index contributed by atoms with van der Waals surface area (Å²) in [6.45, 7) is 8.56. The molecule has 0 radical (unpaired) electrons. The first-order valence-electron chi connectivity index (χ1n) is 6.81. The van der Waals surface area contributed by atoms with Crippen molar-refractivity contribution >= 4 is 11.8 Å². The van der Waals surface area contributed by atoms with E-state index in [0.717, 1.165) is 32.5 Å². The molecule has 0 bridgehead atoms. The molecule has 0 aromatic heterocycles. The lowest BCUT2D eigenvalue weighted by Crippen LogP contribution is -2.51. The molecule has 2 atom stereocenters. The molecule has 5 nitrogen and oxygen atoms in total. The van der Waals surface area contributed by atoms with Gasteiger partial charge in [-0.15, -0.1) is 0 Å². The van der Waals surface area contributed by atoms with E-state index in [-0.39, 0.29) is 23.8 Å². The number of amides is 2. The molecular formula is C13H25N3O2. The lowest BCUT2D eigenvalue weighted by atomic mass is 10.0. The molecule has 1 aliphatic heterocycles. The molecule has 1 rings (SSSR count). The topological polar surface area (TPSA) is 61.4 Å². The maximum absolute atomic E-state index is 12.2. The smallest absolute Gasteiger partial charge is 0.226 e. The van der Waals surface area contributed by atoms with Gasteiger partial charge in [0.2, 0.25) is 11.8 Å². The van der Waals surface area contributed by atoms with Gasteiger partial charge in [0, 0.05) is 38.5 Å². The van der Waals surface area contributed by atoms with Crippen molar-refractivity contribution < 1.29 is 9.59 Å². The highest BCUT2D eigenvalue weighted by atomic mass is 16.2. The zero-order valence-electron chi connectivity index (χ0n) is 11.7. The maximum atomic E-state index is 12.2. The van der Waals surface area contributed by atoms with Crippen LogP contribution in [-0.2, 0) is 9.59 Å². The monoisotopic (exact) mass is 255 g/mol. The highest BCUT2D eigenvalue weighted by Gasteiger charge is 2.26. The predicted molar refractivity (Wildman–Crippen MR) is 71.1 cm³/mol. The minimum atomic E-state index is -0.0185. The van der Waals surface area contributed by atoms with Crippen molar-refractivity contribution in [2.24, 2.45) is 5.92 Å². The molecule has 2 amide bonds. The molecule has 0 aromatic rings. The molecule has 1 fully saturated rings. The van der Waals surface area contributed by atoms with Crippen molar-refractivity contribution in [3.05, 3.63) is 0 Å². The van der Waals surface area contributed by atoms with Crippen LogP contribution in [0.1, 0.15) is 33.6 Å². The fourth-order valence-electron chi connectivity index (χ4n) is 2.34. The minimum Gasteiger partial charge on any atom is -0.352 e. The second kappa shape index (κ2) is 7.36. The SMILES string of the molecule is CCNCC(C)C(=O)N1CCCC(NC(C)=O)C1. The van der Waals surface area contributed by atoms with Gasteiger partial charge in [0.15, 0.2) is 0 Å². The second-order valence-corrected chi connectivity index (χ2v) is 5.03. The third-order valence-electron chi connectivity index (χ3n) is 3.26. The lowest BCUT2D eigenvalue weighted by molar-refractivity contribution is -0.137. The number of hydrogen-bond donors (Lipinski definition) is 2. The van der Waals surface area contributed by atoms with E-state index in [1.807, 2.05) is 18.7 Å². The third-order valence-corrected chi connectivity index (χ3v) is 3.26. The van der Waals surface area contributed by atoms with Crippen molar-refractivity contribution in [2.45, 2.75) is 39.7 Å². The Morgan fingerprint density at radius 1 is 1.44 bits per heavy atom. The van der Waals surface area contributed by atoms with Crippen LogP contribution in [0.25, 0.3) is 0 Å². The number of nitrogens with one attached hydrogen (secondary N) is 2. The Bertz CT molecular complexity index is 294. The number of carbonyl (C=O) groups is 2. The van der Waals surface area contributed by atoms with Crippen molar-refractivity contribution in [3.63, 3.8) is 0 Å². The molecular weight excluding hydrogens is 230 g/mol. The van der Waals surface area contributed by atoms with Crippen molar-refractivity contribution in [3.8, 4) is 0 Å². The molecule has 1 aliphatic rings. The molecule has 104 valence electrons. The van der Waals surface area contributed by atoms with Crippen LogP contribution in [0.2, 0.25) is 0 Å². The summed E-state index contributed by atoms with van der Waals surface area (Å²) in [5.74, 6) is 0.169. The fourth-order valence-corrected chi connectivity index (χ4v) is 2.34. The number of hydrogen-bond acceptors (Lipinski definition) is 3. The van der Waals surface area contributed by atoms with Gasteiger partial charge in [0.25, 0.3) is 0 Å². The van der Waals surface area contributed by atoms with E-state index in [1.165, 1.54) is 6.92 Å². The van der Waals surface area contributed by atoms with Gasteiger partial charge >= 0.3 is 0 Å². The number of piperidine rings is 1. The molecule has 2 unspecified atom stereocenters. The summed E-state index contributed by atoms with van der Waals surface area (Å²) >= 11 is 0. The Hall–Kier alpha value is -1.10. The summed E-state index contributed by atoms with van der Waals surface area (Å²) in [7, 11) is 0. The Balaban J connectivity index is 2.44. The van der Waals surface area contributed by atoms with Gasteiger partial charge in [0.1, 0.15) is 0 Å². The number of likely N-dealkylation sites (tertiary alicyclic amines) is 1. The average Bonchev–Trinajstić information content (AvgIpc) is 2.34. The standard InChI is InChI=1S/C13H25N3O2/c1-4-14-8-10(2)13(18)16-7-5-6-12(9-16)15-11(3)17/h10,12,14H,4-9H2,1-3H3,(H,15,17). The Kier molecular flexibility index (Phi) is 6.12. The summed E-state index contributed by atoms with van der Waals surface area (Å²) in [5, 5.41) is 6.09. The molecule has 0 aromatic carbocycles. The summed E-state index contributed by atoms with van der Waals surface area (Å²) in [5.41, 5.74) is 0. The lowest BCUT2D eigenvalue weighted by Gasteiger charge is -2.34. The molecule has 0 saturated carbocycles. The molecule has 5 heteroatoms. The quantitative estimate of drug-likeness (QED) is 0.745. The van der Waals surface area contributed by atoms with Gasteiger partial charge in [-0.05, 0) is 19.4 Å². The average molecular weight is 255 g/mol. The first kappa shape index (κ1) is 15.0. The van der Waals surface area contributed by atoms with Gasteiger partial charge in [-0.2, -0.15) is 0 Å². The number of carbonyl (C=O) groups excluding carboxylic acids is 2. The summed E-state index contributed by atoms with van der Waals surface area (Å²) in [6, 6.07) is 0.117. The van der Waals surface area contributed by atoms with Crippen LogP contribution >= 0.6 is 0 Å². The summed E-state index contributed by atoms with van der Waals surface area (Å²) < 4.78 is 0. The zero-order valence-corrected chi connectivity index (χ0v) is 11.7. The first-order valence-corrected chi connectivity index (χ1v) is 6.81. The highest BCUT2D eigenvalue weighted by Crippen LogP contribution is 2.13. The third kappa shape index (κ3) is 4.64. The largest absolute Gasteiger partial charge is 0.352 e. The van der Waals surface area contributed by atoms with Crippen molar-refractivity contribution in [2.75, 3.05) is 26.2 Å². The van der Waals surface area contributed by atoms with Crippen LogP contribution in [0, 0.1) is 5.92 Å². The molecule has 18 heavy (non-hydrogen) atoms. The fraction of sp³-hybridized carbons (Fsp3) is 0.846. The van der Waals surface area contributed by atoms with Gasteiger partial charge < -0.3 is 15.5 Å². The molecule has 0 spiro atoms. The molecule has 0 aliphatic carbocycles. The highest BCUT2D eigenvalue weighted by molar-refractivity contribution is 5.79. The first-order chi connectivity index (χ1) is 8.54. The number of nitrogens with zero attached hydrogens (tertiary/aromatic N) is 1. The summed E-state index contributed by atoms with van der Waals surface area (Å²) in [4.78, 5) is 25.1. The van der Waals surface area contributed by atoms with Crippen LogP contribution in [0.3, 0.4) is 0 Å². The van der Waals surface area contributed by atoms with Crippen LogP contribution < -0.4 is 10.6 Å². The van der Waals surface area contributed by atoms with Crippen LogP contribution in [0.5, 0.6) is 0 Å². The van der Waals surface area contributed by atoms with E-state index >= 15 is 0 Å². The van der Waals surface area contributed by atoms with Crippen molar-refractivity contribution in [1.82, 2.24) is 15.5 Å². The van der Waals surface area contributed by atoms with E-state index in [1.54, 1.807) is 0 Å². The molecule has 1 saturated heterocycles. The van der Waals surface area contributed by atoms with E-state index in [2.05, 4.69) is 10.6 Å². The van der Waals surface area contributed by atoms with Gasteiger partial charge in [-0.3, -0.25) is 9.59 Å². The Morgan fingerprint density at radius 2 is 2.17 bits per heavy atom. The van der Waals surface area contributed by atoms with E-state index in [9.17, 15) is 9.59 Å². The second-order valence-electron chi connectivity index (χ2n) is 5.03. The predicted octanol–water partition coefficient (Wildman–Crippen LogP) is 0.359. The molecule has 1 heterocycles. The Labute approximate surface area is 109 Å². The van der Waals surface area contributed by atoms with Crippen molar-refractivity contribution in [1.29, 1.82) is 0 Å². The Morgan fingerprint density at radius 3 is 2.78 bits per heavy atom. The van der Waals surface area contributed by atoms with Crippen LogP contribution in [0.4, 0.5) is 0 Å². The zero-order chi connectivity index (χ0) is 13.5. The maximum Gasteiger partial charge on any atom is 0.226 e. The van der Waals surface area contributed by atoms with Gasteiger partial charge in [-0.1, -0.05) is 13.8 Å². The molecule has 2 N–H and O–H groups in total. The van der Waals surface area contributed by atoms with E-state index in [0.29, 0.717) is 6.54 Å². The number of rotatable bonds is 5. The minimum absolute atomic E-state index is 0.000952. The normalized spacial score (nSPS) is 21.5. The van der Waals surface area contributed by atoms with Crippen LogP contribution in [-0.4, -0.2) is 48.9 Å². The van der Waals surface area contributed by atoms with Crippen LogP contribution in [0.15, 0.2) is 0 Å². The van der Waals surface area contributed by atoms with Gasteiger partial charge in [-0.25, -0.2) is 0 Å². The van der Waals surface area contributed by atoms with E-state index < -0.39 is 0 Å². The summed E-state index contributed by atoms with van der Waals surface area (Å²) in [6.07, 6.45) is 1.93.